The van der Waals surface area contributed by atoms with E-state index in [1.54, 1.807) is 0 Å². The van der Waals surface area contributed by atoms with Crippen molar-refractivity contribution in [1.82, 2.24) is 5.32 Å². The monoisotopic (exact) mass is 284 g/mol. The standard InChI is InChI=1S/C15H28N2O3/c1-11(2)9-12(16)13(18)17-10-15(14(19)20)7-5-3-4-6-8-15/h11-12H,3-10,16H2,1-2H3,(H,17,18)(H,19,20)/t12-/m0/s1. The number of carbonyl (C=O) groups excluding carboxylic acids is 1. The summed E-state index contributed by atoms with van der Waals surface area (Å²) in [5.74, 6) is -0.678. The van der Waals surface area contributed by atoms with Crippen LogP contribution in [-0.4, -0.2) is 29.6 Å². The van der Waals surface area contributed by atoms with Crippen molar-refractivity contribution in [2.24, 2.45) is 17.1 Å². The lowest BCUT2D eigenvalue weighted by molar-refractivity contribution is -0.149. The normalized spacial score (nSPS) is 20.2. The molecule has 0 unspecified atom stereocenters. The number of nitrogens with one attached hydrogen (secondary N) is 1. The topological polar surface area (TPSA) is 92.4 Å². The molecule has 1 rings (SSSR count). The van der Waals surface area contributed by atoms with Gasteiger partial charge in [0.1, 0.15) is 0 Å². The first-order valence-electron chi connectivity index (χ1n) is 7.64. The van der Waals surface area contributed by atoms with Crippen LogP contribution in [-0.2, 0) is 9.59 Å². The molecule has 5 heteroatoms. The van der Waals surface area contributed by atoms with E-state index in [1.807, 2.05) is 13.8 Å². The Kier molecular flexibility index (Phi) is 6.46. The Balaban J connectivity index is 2.58. The van der Waals surface area contributed by atoms with Gasteiger partial charge in [0.2, 0.25) is 5.91 Å². The summed E-state index contributed by atoms with van der Waals surface area (Å²) in [7, 11) is 0. The van der Waals surface area contributed by atoms with Gasteiger partial charge in [-0.05, 0) is 25.2 Å². The Bertz CT molecular complexity index is 334. The van der Waals surface area contributed by atoms with Gasteiger partial charge in [-0.3, -0.25) is 9.59 Å². The van der Waals surface area contributed by atoms with Gasteiger partial charge in [-0.15, -0.1) is 0 Å². The zero-order valence-electron chi connectivity index (χ0n) is 12.7. The molecule has 1 amide bonds. The maximum absolute atomic E-state index is 11.9. The molecule has 0 saturated heterocycles. The summed E-state index contributed by atoms with van der Waals surface area (Å²) in [6.45, 7) is 4.22. The van der Waals surface area contributed by atoms with E-state index < -0.39 is 17.4 Å². The van der Waals surface area contributed by atoms with Crippen LogP contribution in [0.2, 0.25) is 0 Å². The first-order chi connectivity index (χ1) is 9.37. The van der Waals surface area contributed by atoms with E-state index in [-0.39, 0.29) is 12.5 Å². The molecule has 1 fully saturated rings. The van der Waals surface area contributed by atoms with E-state index in [1.165, 1.54) is 0 Å². The van der Waals surface area contributed by atoms with Gasteiger partial charge in [-0.1, -0.05) is 39.5 Å². The predicted molar refractivity (Wildman–Crippen MR) is 78.2 cm³/mol. The van der Waals surface area contributed by atoms with Gasteiger partial charge in [0.15, 0.2) is 0 Å². The van der Waals surface area contributed by atoms with Gasteiger partial charge >= 0.3 is 5.97 Å². The number of rotatable bonds is 6. The Hall–Kier alpha value is -1.10. The first-order valence-corrected chi connectivity index (χ1v) is 7.64. The summed E-state index contributed by atoms with van der Waals surface area (Å²) in [6.07, 6.45) is 5.89. The van der Waals surface area contributed by atoms with Crippen LogP contribution in [0.1, 0.15) is 58.8 Å². The molecule has 0 aliphatic heterocycles. The summed E-state index contributed by atoms with van der Waals surface area (Å²) in [5, 5.41) is 12.3. The van der Waals surface area contributed by atoms with E-state index in [2.05, 4.69) is 5.32 Å². The van der Waals surface area contributed by atoms with Crippen LogP contribution in [0, 0.1) is 11.3 Å². The van der Waals surface area contributed by atoms with Crippen LogP contribution in [0.15, 0.2) is 0 Å². The van der Waals surface area contributed by atoms with E-state index in [9.17, 15) is 14.7 Å². The molecule has 1 atom stereocenters. The molecule has 0 spiro atoms. The van der Waals surface area contributed by atoms with Crippen LogP contribution in [0.4, 0.5) is 0 Å². The van der Waals surface area contributed by atoms with Crippen molar-refractivity contribution in [3.8, 4) is 0 Å². The number of nitrogens with two attached hydrogens (primary N) is 1. The Morgan fingerprint density at radius 1 is 1.20 bits per heavy atom. The fourth-order valence-electron chi connectivity index (χ4n) is 2.87. The number of carboxylic acid groups (broad SMARTS) is 1. The lowest BCUT2D eigenvalue weighted by Crippen LogP contribution is -2.48. The summed E-state index contributed by atoms with van der Waals surface area (Å²) in [4.78, 5) is 23.5. The minimum Gasteiger partial charge on any atom is -0.481 e. The fourth-order valence-corrected chi connectivity index (χ4v) is 2.87. The van der Waals surface area contributed by atoms with Crippen LogP contribution < -0.4 is 11.1 Å². The largest absolute Gasteiger partial charge is 0.481 e. The molecule has 0 aromatic carbocycles. The molecular weight excluding hydrogens is 256 g/mol. The highest BCUT2D eigenvalue weighted by Gasteiger charge is 2.39. The van der Waals surface area contributed by atoms with Gasteiger partial charge in [-0.25, -0.2) is 0 Å². The summed E-state index contributed by atoms with van der Waals surface area (Å²) >= 11 is 0. The molecule has 1 saturated carbocycles. The zero-order chi connectivity index (χ0) is 15.2. The van der Waals surface area contributed by atoms with Crippen molar-refractivity contribution >= 4 is 11.9 Å². The smallest absolute Gasteiger partial charge is 0.311 e. The average Bonchev–Trinajstić information content (AvgIpc) is 2.61. The second-order valence-electron chi connectivity index (χ2n) is 6.45. The molecule has 1 aliphatic rings. The molecule has 0 radical (unpaired) electrons. The Morgan fingerprint density at radius 3 is 2.20 bits per heavy atom. The van der Waals surface area contributed by atoms with Crippen molar-refractivity contribution < 1.29 is 14.7 Å². The van der Waals surface area contributed by atoms with Gasteiger partial charge in [0.25, 0.3) is 0 Å². The van der Waals surface area contributed by atoms with Crippen LogP contribution in [0.5, 0.6) is 0 Å². The first kappa shape index (κ1) is 17.0. The molecule has 4 N–H and O–H groups in total. The van der Waals surface area contributed by atoms with Gasteiger partial charge in [0, 0.05) is 6.54 Å². The van der Waals surface area contributed by atoms with Crippen LogP contribution in [0.3, 0.4) is 0 Å². The maximum atomic E-state index is 11.9. The SMILES string of the molecule is CC(C)C[C@H](N)C(=O)NCC1(C(=O)O)CCCCCC1. The van der Waals surface area contributed by atoms with Gasteiger partial charge in [-0.2, -0.15) is 0 Å². The number of amides is 1. The third-order valence-corrected chi connectivity index (χ3v) is 4.18. The van der Waals surface area contributed by atoms with E-state index in [0.29, 0.717) is 25.2 Å². The van der Waals surface area contributed by atoms with E-state index in [0.717, 1.165) is 25.7 Å². The summed E-state index contributed by atoms with van der Waals surface area (Å²) in [6, 6.07) is -0.549. The number of hydrogen-bond acceptors (Lipinski definition) is 3. The molecule has 116 valence electrons. The van der Waals surface area contributed by atoms with E-state index in [4.69, 9.17) is 5.73 Å². The summed E-state index contributed by atoms with van der Waals surface area (Å²) < 4.78 is 0. The van der Waals surface area contributed by atoms with Gasteiger partial charge < -0.3 is 16.2 Å². The lowest BCUT2D eigenvalue weighted by atomic mass is 9.80. The van der Waals surface area contributed by atoms with E-state index >= 15 is 0 Å². The third kappa shape index (κ3) is 4.78. The average molecular weight is 284 g/mol. The highest BCUT2D eigenvalue weighted by Crippen LogP contribution is 2.34. The second kappa shape index (κ2) is 7.62. The minimum absolute atomic E-state index is 0.201. The second-order valence-corrected chi connectivity index (χ2v) is 6.45. The summed E-state index contributed by atoms with van der Waals surface area (Å²) in [5.41, 5.74) is 5.02. The Morgan fingerprint density at radius 2 is 1.75 bits per heavy atom. The zero-order valence-corrected chi connectivity index (χ0v) is 12.7. The highest BCUT2D eigenvalue weighted by atomic mass is 16.4. The van der Waals surface area contributed by atoms with Crippen molar-refractivity contribution in [2.75, 3.05) is 6.54 Å². The number of carboxylic acids is 1. The number of hydrogen-bond donors (Lipinski definition) is 3. The fraction of sp³-hybridized carbons (Fsp3) is 0.867. The maximum Gasteiger partial charge on any atom is 0.311 e. The minimum atomic E-state index is -0.802. The molecule has 0 aromatic rings. The molecule has 0 heterocycles. The Labute approximate surface area is 121 Å². The highest BCUT2D eigenvalue weighted by molar-refractivity contribution is 5.82. The lowest BCUT2D eigenvalue weighted by Gasteiger charge is -2.29. The van der Waals surface area contributed by atoms with Crippen molar-refractivity contribution in [2.45, 2.75) is 64.8 Å². The quantitative estimate of drug-likeness (QED) is 0.649. The molecule has 0 bridgehead atoms. The molecule has 5 nitrogen and oxygen atoms in total. The molecular formula is C15H28N2O3. The van der Waals surface area contributed by atoms with Crippen LogP contribution >= 0.6 is 0 Å². The van der Waals surface area contributed by atoms with Crippen molar-refractivity contribution in [3.63, 3.8) is 0 Å². The number of carbonyl (C=O) groups is 2. The predicted octanol–water partition coefficient (Wildman–Crippen LogP) is 1.90. The van der Waals surface area contributed by atoms with Crippen LogP contribution in [0.25, 0.3) is 0 Å². The van der Waals surface area contributed by atoms with Crippen molar-refractivity contribution in [1.29, 1.82) is 0 Å². The van der Waals surface area contributed by atoms with Gasteiger partial charge in [0.05, 0.1) is 11.5 Å². The third-order valence-electron chi connectivity index (χ3n) is 4.18. The molecule has 20 heavy (non-hydrogen) atoms. The molecule has 1 aliphatic carbocycles. The molecule has 0 aromatic heterocycles. The number of aliphatic carboxylic acids is 1. The van der Waals surface area contributed by atoms with Crippen molar-refractivity contribution in [3.05, 3.63) is 0 Å².